The number of pyridine rings is 1. The molecule has 5 heteroatoms. The molecular formula is C23H27N3O2. The van der Waals surface area contributed by atoms with Crippen molar-refractivity contribution >= 4 is 11.7 Å². The average molecular weight is 377 g/mol. The van der Waals surface area contributed by atoms with Crippen LogP contribution in [0.4, 0.5) is 5.82 Å². The zero-order valence-electron chi connectivity index (χ0n) is 16.3. The van der Waals surface area contributed by atoms with Gasteiger partial charge in [0.2, 0.25) is 5.91 Å². The van der Waals surface area contributed by atoms with Crippen LogP contribution < -0.4 is 10.2 Å². The molecule has 1 N–H and O–H groups in total. The van der Waals surface area contributed by atoms with E-state index in [1.165, 1.54) is 5.56 Å². The van der Waals surface area contributed by atoms with Crippen LogP contribution in [-0.4, -0.2) is 42.2 Å². The Labute approximate surface area is 166 Å². The van der Waals surface area contributed by atoms with Gasteiger partial charge in [-0.2, -0.15) is 0 Å². The molecule has 5 rings (SSSR count). The predicted octanol–water partition coefficient (Wildman–Crippen LogP) is 2.73. The van der Waals surface area contributed by atoms with Crippen LogP contribution >= 0.6 is 0 Å². The summed E-state index contributed by atoms with van der Waals surface area (Å²) in [6.45, 7) is 4.69. The molecule has 28 heavy (non-hydrogen) atoms. The van der Waals surface area contributed by atoms with Crippen molar-refractivity contribution < 1.29 is 9.53 Å². The van der Waals surface area contributed by atoms with Crippen molar-refractivity contribution in [3.8, 4) is 0 Å². The Hall–Kier alpha value is -2.40. The summed E-state index contributed by atoms with van der Waals surface area (Å²) in [6, 6.07) is 14.1. The number of aryl methyl sites for hydroxylation is 1. The van der Waals surface area contributed by atoms with Gasteiger partial charge in [0, 0.05) is 37.7 Å². The number of carbonyl (C=O) groups excluding carboxylic acids is 1. The maximum absolute atomic E-state index is 12.4. The van der Waals surface area contributed by atoms with Crippen LogP contribution in [0.25, 0.3) is 0 Å². The normalized spacial score (nSPS) is 30.5. The van der Waals surface area contributed by atoms with E-state index < -0.39 is 0 Å². The third kappa shape index (κ3) is 3.08. The lowest BCUT2D eigenvalue weighted by atomic mass is 9.73. The fourth-order valence-corrected chi connectivity index (χ4v) is 5.41. The van der Waals surface area contributed by atoms with E-state index in [1.54, 1.807) is 0 Å². The lowest BCUT2D eigenvalue weighted by Gasteiger charge is -2.29. The summed E-state index contributed by atoms with van der Waals surface area (Å²) in [7, 11) is 0. The molecule has 0 aliphatic carbocycles. The summed E-state index contributed by atoms with van der Waals surface area (Å²) >= 11 is 0. The smallest absolute Gasteiger partial charge is 0.224 e. The van der Waals surface area contributed by atoms with E-state index in [4.69, 9.17) is 4.74 Å². The van der Waals surface area contributed by atoms with Gasteiger partial charge in [-0.05, 0) is 43.0 Å². The number of carbonyl (C=O) groups is 1. The summed E-state index contributed by atoms with van der Waals surface area (Å²) in [5.41, 5.74) is 2.23. The Morgan fingerprint density at radius 3 is 3.00 bits per heavy atom. The Balaban J connectivity index is 1.25. The number of nitrogens with one attached hydrogen (secondary N) is 1. The monoisotopic (exact) mass is 377 g/mol. The Kier molecular flexibility index (Phi) is 4.35. The molecule has 4 heterocycles. The van der Waals surface area contributed by atoms with Gasteiger partial charge in [-0.3, -0.25) is 4.79 Å². The highest BCUT2D eigenvalue weighted by Crippen LogP contribution is 2.55. The number of rotatable bonds is 5. The molecule has 0 unspecified atom stereocenters. The topological polar surface area (TPSA) is 54.5 Å². The SMILES string of the molecule is Cc1ccnc(N2C[C@@H]3[C@H](CNC(=O)Cc4ccccc4)[C@H]4CC[C@]3(C2)O4)c1. The number of amides is 1. The van der Waals surface area contributed by atoms with Crippen LogP contribution in [0.2, 0.25) is 0 Å². The van der Waals surface area contributed by atoms with Gasteiger partial charge in [-0.25, -0.2) is 4.98 Å². The maximum Gasteiger partial charge on any atom is 0.224 e. The summed E-state index contributed by atoms with van der Waals surface area (Å²) in [4.78, 5) is 19.4. The van der Waals surface area contributed by atoms with Crippen molar-refractivity contribution in [2.24, 2.45) is 11.8 Å². The Bertz CT molecular complexity index is 871. The molecule has 1 spiro atoms. The molecule has 3 saturated heterocycles. The number of anilines is 1. The van der Waals surface area contributed by atoms with E-state index in [2.05, 4.69) is 28.2 Å². The molecule has 146 valence electrons. The molecule has 1 aromatic heterocycles. The molecule has 3 aliphatic heterocycles. The summed E-state index contributed by atoms with van der Waals surface area (Å²) in [5, 5.41) is 3.18. The van der Waals surface area contributed by atoms with Crippen LogP contribution in [0.5, 0.6) is 0 Å². The molecule has 0 radical (unpaired) electrons. The molecule has 3 aliphatic rings. The summed E-state index contributed by atoms with van der Waals surface area (Å²) in [6.07, 6.45) is 4.84. The number of benzene rings is 1. The van der Waals surface area contributed by atoms with E-state index in [1.807, 2.05) is 42.6 Å². The lowest BCUT2D eigenvalue weighted by Crippen LogP contribution is -2.42. The number of ether oxygens (including phenoxy) is 1. The Morgan fingerprint density at radius 2 is 2.18 bits per heavy atom. The number of hydrogen-bond donors (Lipinski definition) is 1. The molecule has 2 aromatic rings. The van der Waals surface area contributed by atoms with E-state index in [-0.39, 0.29) is 17.6 Å². The van der Waals surface area contributed by atoms with Gasteiger partial charge in [0.25, 0.3) is 0 Å². The van der Waals surface area contributed by atoms with Gasteiger partial charge >= 0.3 is 0 Å². The highest BCUT2D eigenvalue weighted by Gasteiger charge is 2.63. The van der Waals surface area contributed by atoms with Crippen LogP contribution in [0.15, 0.2) is 48.7 Å². The van der Waals surface area contributed by atoms with Crippen LogP contribution in [0, 0.1) is 18.8 Å². The second-order valence-corrected chi connectivity index (χ2v) is 8.57. The van der Waals surface area contributed by atoms with Gasteiger partial charge in [0.15, 0.2) is 0 Å². The van der Waals surface area contributed by atoms with Gasteiger partial charge in [0.1, 0.15) is 5.82 Å². The van der Waals surface area contributed by atoms with Gasteiger partial charge in [-0.1, -0.05) is 30.3 Å². The Morgan fingerprint density at radius 1 is 1.32 bits per heavy atom. The number of nitrogens with zero attached hydrogens (tertiary/aromatic N) is 2. The average Bonchev–Trinajstić information content (AvgIpc) is 3.36. The van der Waals surface area contributed by atoms with E-state index in [0.717, 1.165) is 37.3 Å². The first-order chi connectivity index (χ1) is 13.6. The number of fused-ring (bicyclic) bond motifs is 1. The van der Waals surface area contributed by atoms with Gasteiger partial charge < -0.3 is 15.0 Å². The lowest BCUT2D eigenvalue weighted by molar-refractivity contribution is -0.120. The van der Waals surface area contributed by atoms with Crippen molar-refractivity contribution in [3.63, 3.8) is 0 Å². The maximum atomic E-state index is 12.4. The van der Waals surface area contributed by atoms with Crippen molar-refractivity contribution in [1.82, 2.24) is 10.3 Å². The third-order valence-electron chi connectivity index (χ3n) is 6.75. The standard InChI is InChI=1S/C23H27N3O2/c1-16-8-10-24-21(11-16)26-14-19-18(20-7-9-23(19,15-26)28-20)13-25-22(27)12-17-5-3-2-4-6-17/h2-6,8,10-11,18-20H,7,9,12-15H2,1H3,(H,25,27)/t18-,19+,20+,23+/m0/s1. The second kappa shape index (κ2) is 6.89. The molecule has 4 atom stereocenters. The molecular weight excluding hydrogens is 350 g/mol. The second-order valence-electron chi connectivity index (χ2n) is 8.57. The first-order valence-corrected chi connectivity index (χ1v) is 10.3. The van der Waals surface area contributed by atoms with Crippen molar-refractivity contribution in [2.45, 2.75) is 37.9 Å². The summed E-state index contributed by atoms with van der Waals surface area (Å²) < 4.78 is 6.51. The van der Waals surface area contributed by atoms with Crippen molar-refractivity contribution in [2.75, 3.05) is 24.5 Å². The zero-order chi connectivity index (χ0) is 19.1. The highest BCUT2D eigenvalue weighted by atomic mass is 16.5. The molecule has 3 fully saturated rings. The van der Waals surface area contributed by atoms with E-state index in [0.29, 0.717) is 24.8 Å². The van der Waals surface area contributed by atoms with Crippen molar-refractivity contribution in [3.05, 3.63) is 59.8 Å². The quantitative estimate of drug-likeness (QED) is 0.871. The number of hydrogen-bond acceptors (Lipinski definition) is 4. The first-order valence-electron chi connectivity index (χ1n) is 10.3. The molecule has 5 nitrogen and oxygen atoms in total. The molecule has 1 aromatic carbocycles. The number of aromatic nitrogens is 1. The minimum absolute atomic E-state index is 0.0507. The summed E-state index contributed by atoms with van der Waals surface area (Å²) in [5.74, 6) is 2.00. The zero-order valence-corrected chi connectivity index (χ0v) is 16.3. The van der Waals surface area contributed by atoms with Crippen LogP contribution in [0.1, 0.15) is 24.0 Å². The largest absolute Gasteiger partial charge is 0.369 e. The minimum Gasteiger partial charge on any atom is -0.369 e. The first kappa shape index (κ1) is 17.7. The van der Waals surface area contributed by atoms with Crippen LogP contribution in [0.3, 0.4) is 0 Å². The predicted molar refractivity (Wildman–Crippen MR) is 108 cm³/mol. The van der Waals surface area contributed by atoms with E-state index >= 15 is 0 Å². The highest BCUT2D eigenvalue weighted by molar-refractivity contribution is 5.78. The third-order valence-corrected chi connectivity index (χ3v) is 6.75. The van der Waals surface area contributed by atoms with Crippen molar-refractivity contribution in [1.29, 1.82) is 0 Å². The fourth-order valence-electron chi connectivity index (χ4n) is 5.41. The fraction of sp³-hybridized carbons (Fsp3) is 0.478. The van der Waals surface area contributed by atoms with Gasteiger partial charge in [-0.15, -0.1) is 0 Å². The minimum atomic E-state index is -0.0507. The van der Waals surface area contributed by atoms with E-state index in [9.17, 15) is 4.79 Å². The molecule has 0 saturated carbocycles. The molecule has 2 bridgehead atoms. The molecule has 1 amide bonds. The van der Waals surface area contributed by atoms with Gasteiger partial charge in [0.05, 0.1) is 18.1 Å². The van der Waals surface area contributed by atoms with Crippen LogP contribution in [-0.2, 0) is 16.0 Å².